The SMILES string of the molecule is Nc1ccc(Sc2ccc(N3C(=O)c4cccc(Cl)c4C3=O)cc2)cc1. The van der Waals surface area contributed by atoms with E-state index < -0.39 is 5.91 Å². The van der Waals surface area contributed by atoms with Gasteiger partial charge in [-0.15, -0.1) is 0 Å². The molecule has 2 amide bonds. The van der Waals surface area contributed by atoms with Gasteiger partial charge in [-0.2, -0.15) is 0 Å². The Morgan fingerprint density at radius 3 is 2.04 bits per heavy atom. The average molecular weight is 381 g/mol. The standard InChI is InChI=1S/C20H13ClN2O2S/c21-17-3-1-2-16-18(17)20(25)23(19(16)24)13-6-10-15(11-7-13)26-14-8-4-12(22)5-9-14/h1-11H,22H2. The minimum absolute atomic E-state index is 0.263. The van der Waals surface area contributed by atoms with Gasteiger partial charge in [-0.25, -0.2) is 4.90 Å². The van der Waals surface area contributed by atoms with Gasteiger partial charge in [0.15, 0.2) is 0 Å². The molecular formula is C20H13ClN2O2S. The van der Waals surface area contributed by atoms with Crippen LogP contribution in [0.1, 0.15) is 20.7 Å². The van der Waals surface area contributed by atoms with Crippen molar-refractivity contribution in [3.8, 4) is 0 Å². The summed E-state index contributed by atoms with van der Waals surface area (Å²) >= 11 is 7.67. The molecule has 0 radical (unpaired) electrons. The van der Waals surface area contributed by atoms with E-state index in [0.29, 0.717) is 22.0 Å². The second kappa shape index (κ2) is 6.52. The topological polar surface area (TPSA) is 63.4 Å². The first-order chi connectivity index (χ1) is 12.5. The third-order valence-corrected chi connectivity index (χ3v) is 5.41. The van der Waals surface area contributed by atoms with E-state index in [1.807, 2.05) is 36.4 Å². The third kappa shape index (κ3) is 2.85. The number of hydrogen-bond acceptors (Lipinski definition) is 4. The highest BCUT2D eigenvalue weighted by atomic mass is 35.5. The third-order valence-electron chi connectivity index (χ3n) is 4.07. The largest absolute Gasteiger partial charge is 0.399 e. The van der Waals surface area contributed by atoms with Crippen LogP contribution in [0, 0.1) is 0 Å². The van der Waals surface area contributed by atoms with Crippen LogP contribution in [-0.4, -0.2) is 11.8 Å². The quantitative estimate of drug-likeness (QED) is 0.520. The Morgan fingerprint density at radius 2 is 1.42 bits per heavy atom. The van der Waals surface area contributed by atoms with Crippen LogP contribution in [0.25, 0.3) is 0 Å². The zero-order valence-corrected chi connectivity index (χ0v) is 15.1. The maximum absolute atomic E-state index is 12.6. The van der Waals surface area contributed by atoms with Gasteiger partial charge >= 0.3 is 0 Å². The summed E-state index contributed by atoms with van der Waals surface area (Å²) in [6, 6.07) is 19.8. The lowest BCUT2D eigenvalue weighted by Gasteiger charge is -2.14. The molecule has 4 nitrogen and oxygen atoms in total. The van der Waals surface area contributed by atoms with Gasteiger partial charge in [0.2, 0.25) is 0 Å². The van der Waals surface area contributed by atoms with E-state index >= 15 is 0 Å². The first-order valence-electron chi connectivity index (χ1n) is 7.85. The van der Waals surface area contributed by atoms with Crippen molar-refractivity contribution in [3.05, 3.63) is 82.9 Å². The summed E-state index contributed by atoms with van der Waals surface area (Å²) in [6.07, 6.45) is 0. The van der Waals surface area contributed by atoms with E-state index in [0.717, 1.165) is 14.7 Å². The molecule has 0 aromatic heterocycles. The Bertz CT molecular complexity index is 1020. The molecule has 0 fully saturated rings. The van der Waals surface area contributed by atoms with Crippen LogP contribution >= 0.6 is 23.4 Å². The molecule has 6 heteroatoms. The molecule has 0 bridgehead atoms. The monoisotopic (exact) mass is 380 g/mol. The lowest BCUT2D eigenvalue weighted by atomic mass is 10.1. The van der Waals surface area contributed by atoms with Crippen LogP contribution in [0.4, 0.5) is 11.4 Å². The van der Waals surface area contributed by atoms with Gasteiger partial charge in [0.25, 0.3) is 11.8 Å². The van der Waals surface area contributed by atoms with Gasteiger partial charge in [0, 0.05) is 15.5 Å². The summed E-state index contributed by atoms with van der Waals surface area (Å²) < 4.78 is 0. The van der Waals surface area contributed by atoms with Crippen molar-refractivity contribution in [3.63, 3.8) is 0 Å². The Balaban J connectivity index is 1.60. The van der Waals surface area contributed by atoms with Crippen LogP contribution < -0.4 is 10.6 Å². The Hall–Kier alpha value is -2.76. The molecule has 1 heterocycles. The summed E-state index contributed by atoms with van der Waals surface area (Å²) in [6.45, 7) is 0. The normalized spacial score (nSPS) is 13.2. The van der Waals surface area contributed by atoms with Crippen molar-refractivity contribution < 1.29 is 9.59 Å². The fourth-order valence-electron chi connectivity index (χ4n) is 2.81. The summed E-state index contributed by atoms with van der Waals surface area (Å²) in [5.41, 5.74) is 7.53. The molecule has 128 valence electrons. The van der Waals surface area contributed by atoms with E-state index in [1.165, 1.54) is 0 Å². The molecule has 2 N–H and O–H groups in total. The average Bonchev–Trinajstić information content (AvgIpc) is 2.90. The summed E-state index contributed by atoms with van der Waals surface area (Å²) in [5.74, 6) is -0.749. The second-order valence-corrected chi connectivity index (χ2v) is 7.33. The highest BCUT2D eigenvalue weighted by Crippen LogP contribution is 2.34. The van der Waals surface area contributed by atoms with E-state index in [1.54, 1.807) is 42.1 Å². The Labute approximate surface area is 159 Å². The van der Waals surface area contributed by atoms with E-state index in [2.05, 4.69) is 0 Å². The number of amides is 2. The predicted octanol–water partition coefficient (Wildman–Crippen LogP) is 4.87. The molecule has 4 rings (SSSR count). The number of halogens is 1. The van der Waals surface area contributed by atoms with Gasteiger partial charge in [-0.1, -0.05) is 29.4 Å². The van der Waals surface area contributed by atoms with Crippen molar-refractivity contribution in [1.29, 1.82) is 0 Å². The number of rotatable bonds is 3. The fraction of sp³-hybridized carbons (Fsp3) is 0. The molecule has 1 aliphatic rings. The number of hydrogen-bond donors (Lipinski definition) is 1. The highest BCUT2D eigenvalue weighted by molar-refractivity contribution is 7.99. The maximum Gasteiger partial charge on any atom is 0.267 e. The van der Waals surface area contributed by atoms with Gasteiger partial charge in [0.05, 0.1) is 21.8 Å². The number of imide groups is 1. The van der Waals surface area contributed by atoms with E-state index in [4.69, 9.17) is 17.3 Å². The van der Waals surface area contributed by atoms with Gasteiger partial charge < -0.3 is 5.73 Å². The maximum atomic E-state index is 12.6. The number of nitrogen functional groups attached to an aromatic ring is 1. The number of anilines is 2. The van der Waals surface area contributed by atoms with Gasteiger partial charge in [0.1, 0.15) is 0 Å². The number of carbonyl (C=O) groups excluding carboxylic acids is 2. The molecule has 0 unspecified atom stereocenters. The molecule has 0 atom stereocenters. The van der Waals surface area contributed by atoms with Crippen LogP contribution in [-0.2, 0) is 0 Å². The van der Waals surface area contributed by atoms with Gasteiger partial charge in [-0.3, -0.25) is 9.59 Å². The van der Waals surface area contributed by atoms with E-state index in [9.17, 15) is 9.59 Å². The predicted molar refractivity (Wildman–Crippen MR) is 104 cm³/mol. The number of nitrogens with zero attached hydrogens (tertiary/aromatic N) is 1. The van der Waals surface area contributed by atoms with Crippen LogP contribution in [0.2, 0.25) is 5.02 Å². The lowest BCUT2D eigenvalue weighted by Crippen LogP contribution is -2.29. The zero-order valence-electron chi connectivity index (χ0n) is 13.5. The molecule has 0 aliphatic carbocycles. The minimum atomic E-state index is -0.394. The van der Waals surface area contributed by atoms with E-state index in [-0.39, 0.29) is 11.5 Å². The number of carbonyl (C=O) groups is 2. The highest BCUT2D eigenvalue weighted by Gasteiger charge is 2.38. The molecule has 0 spiro atoms. The van der Waals surface area contributed by atoms with Crippen LogP contribution in [0.15, 0.2) is 76.5 Å². The number of nitrogens with two attached hydrogens (primary N) is 1. The zero-order chi connectivity index (χ0) is 18.3. The second-order valence-electron chi connectivity index (χ2n) is 5.77. The van der Waals surface area contributed by atoms with Crippen molar-refractivity contribution in [2.75, 3.05) is 10.6 Å². The first kappa shape index (κ1) is 16.7. The summed E-state index contributed by atoms with van der Waals surface area (Å²) in [4.78, 5) is 28.4. The Kier molecular flexibility index (Phi) is 4.18. The van der Waals surface area contributed by atoms with Crippen LogP contribution in [0.3, 0.4) is 0 Å². The number of benzene rings is 3. The van der Waals surface area contributed by atoms with Crippen molar-refractivity contribution in [2.45, 2.75) is 9.79 Å². The van der Waals surface area contributed by atoms with Gasteiger partial charge in [-0.05, 0) is 60.7 Å². The smallest absolute Gasteiger partial charge is 0.267 e. The number of fused-ring (bicyclic) bond motifs is 1. The minimum Gasteiger partial charge on any atom is -0.399 e. The van der Waals surface area contributed by atoms with Crippen molar-refractivity contribution >= 4 is 46.6 Å². The molecule has 3 aromatic rings. The molecule has 3 aromatic carbocycles. The summed E-state index contributed by atoms with van der Waals surface area (Å²) in [5, 5.41) is 0.291. The molecule has 26 heavy (non-hydrogen) atoms. The Morgan fingerprint density at radius 1 is 0.808 bits per heavy atom. The fourth-order valence-corrected chi connectivity index (χ4v) is 3.89. The van der Waals surface area contributed by atoms with Crippen LogP contribution in [0.5, 0.6) is 0 Å². The molecular weight excluding hydrogens is 368 g/mol. The first-order valence-corrected chi connectivity index (χ1v) is 9.05. The molecule has 0 saturated carbocycles. The molecule has 0 saturated heterocycles. The molecule has 1 aliphatic heterocycles. The van der Waals surface area contributed by atoms with Crippen molar-refractivity contribution in [1.82, 2.24) is 0 Å². The lowest BCUT2D eigenvalue weighted by molar-refractivity contribution is 0.0926. The van der Waals surface area contributed by atoms with Crippen molar-refractivity contribution in [2.24, 2.45) is 0 Å². The summed E-state index contributed by atoms with van der Waals surface area (Å²) in [7, 11) is 0.